The molecule has 1 aromatic carbocycles. The van der Waals surface area contributed by atoms with Crippen molar-refractivity contribution >= 4 is 5.91 Å². The van der Waals surface area contributed by atoms with Gasteiger partial charge in [-0.3, -0.25) is 9.59 Å². The van der Waals surface area contributed by atoms with Crippen LogP contribution in [0.3, 0.4) is 0 Å². The molecule has 1 unspecified atom stereocenters. The van der Waals surface area contributed by atoms with E-state index in [9.17, 15) is 14.9 Å². The van der Waals surface area contributed by atoms with Crippen molar-refractivity contribution in [3.63, 3.8) is 0 Å². The van der Waals surface area contributed by atoms with Crippen LogP contribution in [0.1, 0.15) is 16.8 Å². The second-order valence-corrected chi connectivity index (χ2v) is 6.43. The smallest absolute Gasteiger partial charge is 0.285 e. The van der Waals surface area contributed by atoms with E-state index >= 15 is 0 Å². The average Bonchev–Trinajstić information content (AvgIpc) is 2.66. The summed E-state index contributed by atoms with van der Waals surface area (Å²) in [5, 5.41) is 13.3. The molecule has 1 atom stereocenters. The molecule has 0 saturated heterocycles. The highest BCUT2D eigenvalue weighted by Crippen LogP contribution is 2.30. The van der Waals surface area contributed by atoms with Gasteiger partial charge in [0, 0.05) is 7.05 Å². The molecule has 2 heterocycles. The Labute approximate surface area is 156 Å². The van der Waals surface area contributed by atoms with Gasteiger partial charge in [0.25, 0.3) is 5.56 Å². The van der Waals surface area contributed by atoms with Crippen molar-refractivity contribution in [3.8, 4) is 17.6 Å². The van der Waals surface area contributed by atoms with Gasteiger partial charge in [0.1, 0.15) is 24.8 Å². The third-order valence-electron chi connectivity index (χ3n) is 4.50. The zero-order chi connectivity index (χ0) is 19.6. The van der Waals surface area contributed by atoms with Gasteiger partial charge < -0.3 is 14.4 Å². The van der Waals surface area contributed by atoms with E-state index in [1.54, 1.807) is 20.9 Å². The predicted molar refractivity (Wildman–Crippen MR) is 96.7 cm³/mol. The summed E-state index contributed by atoms with van der Waals surface area (Å²) in [6, 6.07) is 9.24. The SMILES string of the molecule is Cc1nn(CC(=O)N(C)CC2COc3ccccc3O2)c(=O)c(C#N)c1C. The minimum Gasteiger partial charge on any atom is -0.486 e. The maximum absolute atomic E-state index is 12.5. The van der Waals surface area contributed by atoms with Crippen molar-refractivity contribution in [3.05, 3.63) is 51.4 Å². The van der Waals surface area contributed by atoms with E-state index in [-0.39, 0.29) is 24.1 Å². The molecule has 27 heavy (non-hydrogen) atoms. The lowest BCUT2D eigenvalue weighted by molar-refractivity contribution is -0.132. The number of ether oxygens (including phenoxy) is 2. The number of fused-ring (bicyclic) bond motifs is 1. The first-order valence-electron chi connectivity index (χ1n) is 8.51. The molecule has 0 radical (unpaired) electrons. The van der Waals surface area contributed by atoms with Gasteiger partial charge in [-0.2, -0.15) is 10.4 Å². The maximum Gasteiger partial charge on any atom is 0.285 e. The topological polar surface area (TPSA) is 97.4 Å². The molecule has 0 fully saturated rings. The monoisotopic (exact) mass is 368 g/mol. The first-order valence-corrected chi connectivity index (χ1v) is 8.51. The molecule has 0 bridgehead atoms. The molecule has 0 spiro atoms. The second-order valence-electron chi connectivity index (χ2n) is 6.43. The summed E-state index contributed by atoms with van der Waals surface area (Å²) >= 11 is 0. The van der Waals surface area contributed by atoms with Crippen molar-refractivity contribution in [1.29, 1.82) is 5.26 Å². The molecule has 1 amide bonds. The summed E-state index contributed by atoms with van der Waals surface area (Å²) in [4.78, 5) is 26.3. The molecule has 1 aliphatic rings. The fraction of sp³-hybridized carbons (Fsp3) is 0.368. The van der Waals surface area contributed by atoms with E-state index in [2.05, 4.69) is 5.10 Å². The number of hydrogen-bond acceptors (Lipinski definition) is 6. The number of aromatic nitrogens is 2. The Hall–Kier alpha value is -3.34. The van der Waals surface area contributed by atoms with Crippen molar-refractivity contribution < 1.29 is 14.3 Å². The number of hydrogen-bond donors (Lipinski definition) is 0. The van der Waals surface area contributed by atoms with Crippen LogP contribution in [0.2, 0.25) is 0 Å². The molecule has 0 saturated carbocycles. The van der Waals surface area contributed by atoms with Gasteiger partial charge in [0.2, 0.25) is 5.91 Å². The molecule has 140 valence electrons. The number of likely N-dealkylation sites (N-methyl/N-ethyl adjacent to an activating group) is 1. The third-order valence-corrected chi connectivity index (χ3v) is 4.50. The molecule has 1 aromatic heterocycles. The van der Waals surface area contributed by atoms with Crippen LogP contribution in [-0.4, -0.2) is 46.9 Å². The number of para-hydroxylation sites is 2. The van der Waals surface area contributed by atoms with Crippen LogP contribution in [0, 0.1) is 25.2 Å². The van der Waals surface area contributed by atoms with E-state index in [4.69, 9.17) is 9.47 Å². The van der Waals surface area contributed by atoms with Gasteiger partial charge in [0.15, 0.2) is 17.6 Å². The Morgan fingerprint density at radius 2 is 2.07 bits per heavy atom. The number of aryl methyl sites for hydroxylation is 1. The third kappa shape index (κ3) is 3.77. The average molecular weight is 368 g/mol. The van der Waals surface area contributed by atoms with E-state index in [1.807, 2.05) is 30.3 Å². The minimum absolute atomic E-state index is 0.0126. The fourth-order valence-corrected chi connectivity index (χ4v) is 2.82. The van der Waals surface area contributed by atoms with Crippen LogP contribution < -0.4 is 15.0 Å². The first kappa shape index (κ1) is 18.5. The second kappa shape index (κ2) is 7.50. The highest BCUT2D eigenvalue weighted by Gasteiger charge is 2.24. The molecule has 1 aliphatic heterocycles. The number of carbonyl (C=O) groups excluding carboxylic acids is 1. The molecule has 0 N–H and O–H groups in total. The van der Waals surface area contributed by atoms with Crippen LogP contribution in [0.15, 0.2) is 29.1 Å². The Morgan fingerprint density at radius 1 is 1.37 bits per heavy atom. The molecule has 8 nitrogen and oxygen atoms in total. The van der Waals surface area contributed by atoms with E-state index < -0.39 is 5.56 Å². The zero-order valence-electron chi connectivity index (χ0n) is 15.4. The number of rotatable bonds is 4. The number of nitrogens with zero attached hydrogens (tertiary/aromatic N) is 4. The maximum atomic E-state index is 12.5. The van der Waals surface area contributed by atoms with Crippen LogP contribution >= 0.6 is 0 Å². The Kier molecular flexibility index (Phi) is 5.12. The van der Waals surface area contributed by atoms with E-state index in [0.29, 0.717) is 35.9 Å². The summed E-state index contributed by atoms with van der Waals surface area (Å²) in [5.74, 6) is 1.01. The van der Waals surface area contributed by atoms with Gasteiger partial charge >= 0.3 is 0 Å². The van der Waals surface area contributed by atoms with Gasteiger partial charge in [0.05, 0.1) is 12.2 Å². The van der Waals surface area contributed by atoms with E-state index in [1.165, 1.54) is 4.90 Å². The zero-order valence-corrected chi connectivity index (χ0v) is 15.4. The van der Waals surface area contributed by atoms with Crippen LogP contribution in [0.4, 0.5) is 0 Å². The lowest BCUT2D eigenvalue weighted by Crippen LogP contribution is -2.44. The largest absolute Gasteiger partial charge is 0.486 e. The number of amides is 1. The molecule has 8 heteroatoms. The van der Waals surface area contributed by atoms with Crippen molar-refractivity contribution in [2.75, 3.05) is 20.2 Å². The summed E-state index contributed by atoms with van der Waals surface area (Å²) in [6.45, 7) is 3.76. The number of benzene rings is 1. The van der Waals surface area contributed by atoms with Crippen molar-refractivity contribution in [1.82, 2.24) is 14.7 Å². The van der Waals surface area contributed by atoms with Crippen molar-refractivity contribution in [2.45, 2.75) is 26.5 Å². The number of nitriles is 1. The van der Waals surface area contributed by atoms with E-state index in [0.717, 1.165) is 4.68 Å². The highest BCUT2D eigenvalue weighted by atomic mass is 16.6. The summed E-state index contributed by atoms with van der Waals surface area (Å²) < 4.78 is 12.5. The van der Waals surface area contributed by atoms with Crippen LogP contribution in [0.5, 0.6) is 11.5 Å². The summed E-state index contributed by atoms with van der Waals surface area (Å²) in [7, 11) is 1.63. The Bertz CT molecular complexity index is 977. The predicted octanol–water partition coefficient (Wildman–Crippen LogP) is 1.03. The lowest BCUT2D eigenvalue weighted by atomic mass is 10.1. The van der Waals surface area contributed by atoms with Crippen molar-refractivity contribution in [2.24, 2.45) is 0 Å². The normalized spacial score (nSPS) is 15.1. The lowest BCUT2D eigenvalue weighted by Gasteiger charge is -2.29. The van der Waals surface area contributed by atoms with Gasteiger partial charge in [-0.05, 0) is 31.5 Å². The standard InChI is InChI=1S/C19H20N4O4/c1-12-13(2)21-23(19(25)15(12)8-20)10-18(24)22(3)9-14-11-26-16-6-4-5-7-17(16)27-14/h4-7,14H,9-11H2,1-3H3. The molecule has 0 aliphatic carbocycles. The Balaban J connectivity index is 1.68. The molecule has 3 rings (SSSR count). The van der Waals surface area contributed by atoms with Gasteiger partial charge in [-0.1, -0.05) is 12.1 Å². The molecular formula is C19H20N4O4. The highest BCUT2D eigenvalue weighted by molar-refractivity contribution is 5.75. The number of carbonyl (C=O) groups is 1. The fourth-order valence-electron chi connectivity index (χ4n) is 2.82. The quantitative estimate of drug-likeness (QED) is 0.800. The summed E-state index contributed by atoms with van der Waals surface area (Å²) in [6.07, 6.45) is -0.312. The summed E-state index contributed by atoms with van der Waals surface area (Å²) in [5.41, 5.74) is 0.528. The Morgan fingerprint density at radius 3 is 2.78 bits per heavy atom. The van der Waals surface area contributed by atoms with Gasteiger partial charge in [-0.25, -0.2) is 4.68 Å². The minimum atomic E-state index is -0.562. The van der Waals surface area contributed by atoms with Crippen LogP contribution in [0.25, 0.3) is 0 Å². The molecule has 2 aromatic rings. The van der Waals surface area contributed by atoms with Gasteiger partial charge in [-0.15, -0.1) is 0 Å². The first-order chi connectivity index (χ1) is 12.9. The molecular weight excluding hydrogens is 348 g/mol. The van der Waals surface area contributed by atoms with Crippen LogP contribution in [-0.2, 0) is 11.3 Å².